The Morgan fingerprint density at radius 3 is 2.50 bits per heavy atom. The standard InChI is InChI=1S/C21H26N4O/c1-19-7-14-8-20(2,10-19)12-21(9-14,11-19)18(26)25-24-17-15-5-3-4-6-16(15)22-13-23-17/h3-6,13-14H,7-12H2,1-2H3,(H,25,26)(H,22,23,24). The Balaban J connectivity index is 1.39. The van der Waals surface area contributed by atoms with Crippen LogP contribution in [0, 0.1) is 22.2 Å². The van der Waals surface area contributed by atoms with E-state index in [1.54, 1.807) is 0 Å². The van der Waals surface area contributed by atoms with E-state index < -0.39 is 0 Å². The Bertz CT molecular complexity index is 871. The van der Waals surface area contributed by atoms with Crippen LogP contribution in [0.5, 0.6) is 0 Å². The summed E-state index contributed by atoms with van der Waals surface area (Å²) in [5, 5.41) is 0.916. The lowest BCUT2D eigenvalue weighted by Crippen LogP contribution is -2.60. The molecule has 1 heterocycles. The van der Waals surface area contributed by atoms with Crippen LogP contribution in [0.3, 0.4) is 0 Å². The third-order valence-electron chi connectivity index (χ3n) is 6.95. The molecule has 5 nitrogen and oxygen atoms in total. The summed E-state index contributed by atoms with van der Waals surface area (Å²) < 4.78 is 0. The first kappa shape index (κ1) is 16.0. The molecule has 2 aromatic rings. The summed E-state index contributed by atoms with van der Waals surface area (Å²) in [6.07, 6.45) is 8.47. The van der Waals surface area contributed by atoms with Crippen molar-refractivity contribution in [3.63, 3.8) is 0 Å². The van der Waals surface area contributed by atoms with Crippen LogP contribution >= 0.6 is 0 Å². The predicted molar refractivity (Wildman–Crippen MR) is 101 cm³/mol. The second-order valence-electron chi connectivity index (χ2n) is 9.73. The van der Waals surface area contributed by atoms with Crippen LogP contribution in [0.4, 0.5) is 5.82 Å². The Hall–Kier alpha value is -2.17. The molecule has 4 bridgehead atoms. The van der Waals surface area contributed by atoms with Crippen LogP contribution in [-0.2, 0) is 4.79 Å². The maximum Gasteiger partial charge on any atom is 0.244 e. The average molecular weight is 350 g/mol. The number of fused-ring (bicyclic) bond motifs is 1. The molecule has 26 heavy (non-hydrogen) atoms. The molecule has 0 spiro atoms. The maximum atomic E-state index is 13.3. The summed E-state index contributed by atoms with van der Waals surface area (Å²) in [7, 11) is 0. The van der Waals surface area contributed by atoms with Crippen LogP contribution in [0.15, 0.2) is 30.6 Å². The molecule has 4 aliphatic carbocycles. The van der Waals surface area contributed by atoms with Gasteiger partial charge in [0, 0.05) is 5.39 Å². The number of nitrogens with zero attached hydrogens (tertiary/aromatic N) is 2. The van der Waals surface area contributed by atoms with Crippen LogP contribution in [0.1, 0.15) is 52.4 Å². The smallest absolute Gasteiger partial charge is 0.244 e. The van der Waals surface area contributed by atoms with Crippen LogP contribution in [0.25, 0.3) is 10.9 Å². The van der Waals surface area contributed by atoms with Gasteiger partial charge in [0.25, 0.3) is 0 Å². The van der Waals surface area contributed by atoms with E-state index in [4.69, 9.17) is 0 Å². The number of nitrogens with one attached hydrogen (secondary N) is 2. The van der Waals surface area contributed by atoms with Crippen molar-refractivity contribution in [3.05, 3.63) is 30.6 Å². The van der Waals surface area contributed by atoms with Gasteiger partial charge in [0.2, 0.25) is 5.91 Å². The number of rotatable bonds is 3. The molecule has 4 fully saturated rings. The van der Waals surface area contributed by atoms with Crippen molar-refractivity contribution in [1.82, 2.24) is 15.4 Å². The van der Waals surface area contributed by atoms with E-state index in [1.807, 2.05) is 24.3 Å². The van der Waals surface area contributed by atoms with E-state index in [9.17, 15) is 4.79 Å². The molecule has 0 aliphatic heterocycles. The van der Waals surface area contributed by atoms with Crippen molar-refractivity contribution >= 4 is 22.6 Å². The minimum atomic E-state index is -0.223. The second kappa shape index (κ2) is 5.18. The lowest BCUT2D eigenvalue weighted by Gasteiger charge is -2.64. The molecule has 2 atom stereocenters. The largest absolute Gasteiger partial charge is 0.281 e. The van der Waals surface area contributed by atoms with E-state index in [2.05, 4.69) is 34.7 Å². The molecule has 1 aromatic heterocycles. The monoisotopic (exact) mass is 350 g/mol. The summed E-state index contributed by atoms with van der Waals surface area (Å²) >= 11 is 0. The third kappa shape index (κ3) is 2.40. The molecule has 6 rings (SSSR count). The number of carbonyl (C=O) groups is 1. The molecule has 5 heteroatoms. The molecule has 2 N–H and O–H groups in total. The van der Waals surface area contributed by atoms with Crippen molar-refractivity contribution in [2.75, 3.05) is 5.43 Å². The summed E-state index contributed by atoms with van der Waals surface area (Å²) in [6.45, 7) is 4.78. The maximum absolute atomic E-state index is 13.3. The molecule has 4 saturated carbocycles. The molecule has 0 radical (unpaired) electrons. The van der Waals surface area contributed by atoms with Gasteiger partial charge in [0.05, 0.1) is 10.9 Å². The van der Waals surface area contributed by atoms with Crippen molar-refractivity contribution in [2.45, 2.75) is 52.4 Å². The minimum absolute atomic E-state index is 0.141. The highest BCUT2D eigenvalue weighted by Crippen LogP contribution is 2.69. The van der Waals surface area contributed by atoms with Crippen molar-refractivity contribution < 1.29 is 4.79 Å². The number of anilines is 1. The van der Waals surface area contributed by atoms with E-state index in [0.29, 0.717) is 22.6 Å². The molecule has 0 saturated heterocycles. The first-order valence-corrected chi connectivity index (χ1v) is 9.65. The lowest BCUT2D eigenvalue weighted by atomic mass is 9.40. The quantitative estimate of drug-likeness (QED) is 0.819. The zero-order chi connectivity index (χ0) is 18.0. The minimum Gasteiger partial charge on any atom is -0.281 e. The van der Waals surface area contributed by atoms with Crippen LogP contribution in [0.2, 0.25) is 0 Å². The Morgan fingerprint density at radius 1 is 1.04 bits per heavy atom. The van der Waals surface area contributed by atoms with Crippen LogP contribution < -0.4 is 10.9 Å². The van der Waals surface area contributed by atoms with E-state index in [-0.39, 0.29) is 11.3 Å². The zero-order valence-electron chi connectivity index (χ0n) is 15.5. The topological polar surface area (TPSA) is 66.9 Å². The SMILES string of the molecule is CC12CC3CC(C)(C1)CC(C(=O)NNc1ncnc4ccccc14)(C3)C2. The molecule has 136 valence electrons. The van der Waals surface area contributed by atoms with Gasteiger partial charge in [-0.05, 0) is 67.4 Å². The molecule has 2 unspecified atom stereocenters. The highest BCUT2D eigenvalue weighted by molar-refractivity contribution is 5.90. The number of amides is 1. The first-order chi connectivity index (χ1) is 12.4. The zero-order valence-corrected chi connectivity index (χ0v) is 15.5. The van der Waals surface area contributed by atoms with Gasteiger partial charge in [-0.1, -0.05) is 26.0 Å². The molecule has 1 amide bonds. The van der Waals surface area contributed by atoms with Gasteiger partial charge in [0.15, 0.2) is 5.82 Å². The number of carbonyl (C=O) groups excluding carboxylic acids is 1. The molecular formula is C21H26N4O. The summed E-state index contributed by atoms with van der Waals surface area (Å²) in [5.41, 5.74) is 7.39. The van der Waals surface area contributed by atoms with Gasteiger partial charge in [-0.15, -0.1) is 0 Å². The van der Waals surface area contributed by atoms with Crippen molar-refractivity contribution in [2.24, 2.45) is 22.2 Å². The normalized spacial score (nSPS) is 37.7. The second-order valence-corrected chi connectivity index (χ2v) is 9.73. The highest BCUT2D eigenvalue weighted by Gasteiger charge is 2.62. The predicted octanol–water partition coefficient (Wildman–Crippen LogP) is 4.07. The van der Waals surface area contributed by atoms with Gasteiger partial charge < -0.3 is 0 Å². The van der Waals surface area contributed by atoms with Gasteiger partial charge in [-0.2, -0.15) is 0 Å². The van der Waals surface area contributed by atoms with Gasteiger partial charge in [0.1, 0.15) is 6.33 Å². The fraction of sp³-hybridized carbons (Fsp3) is 0.571. The number of hydrogen-bond acceptors (Lipinski definition) is 4. The van der Waals surface area contributed by atoms with Crippen molar-refractivity contribution in [3.8, 4) is 0 Å². The van der Waals surface area contributed by atoms with E-state index in [0.717, 1.165) is 30.2 Å². The van der Waals surface area contributed by atoms with E-state index in [1.165, 1.54) is 25.6 Å². The summed E-state index contributed by atoms with van der Waals surface area (Å²) in [6, 6.07) is 7.83. The van der Waals surface area contributed by atoms with E-state index >= 15 is 0 Å². The Labute approximate surface area is 154 Å². The van der Waals surface area contributed by atoms with Crippen LogP contribution in [-0.4, -0.2) is 15.9 Å². The average Bonchev–Trinajstić information content (AvgIpc) is 2.56. The number of aromatic nitrogens is 2. The van der Waals surface area contributed by atoms with Gasteiger partial charge in [-0.25, -0.2) is 9.97 Å². The summed E-state index contributed by atoms with van der Waals surface area (Å²) in [5.74, 6) is 1.50. The van der Waals surface area contributed by atoms with Crippen molar-refractivity contribution in [1.29, 1.82) is 0 Å². The Kier molecular flexibility index (Phi) is 3.19. The highest BCUT2D eigenvalue weighted by atomic mass is 16.2. The number of para-hydroxylation sites is 1. The fourth-order valence-electron chi connectivity index (χ4n) is 7.05. The first-order valence-electron chi connectivity index (χ1n) is 9.65. The third-order valence-corrected chi connectivity index (χ3v) is 6.95. The molecule has 4 aliphatic rings. The fourth-order valence-corrected chi connectivity index (χ4v) is 7.05. The Morgan fingerprint density at radius 2 is 1.77 bits per heavy atom. The van der Waals surface area contributed by atoms with Gasteiger partial charge >= 0.3 is 0 Å². The summed E-state index contributed by atoms with van der Waals surface area (Å²) in [4.78, 5) is 21.9. The molecular weight excluding hydrogens is 324 g/mol. The number of hydrogen-bond donors (Lipinski definition) is 2. The number of hydrazine groups is 1. The molecule has 1 aromatic carbocycles. The lowest BCUT2D eigenvalue weighted by molar-refractivity contribution is -0.169. The number of benzene rings is 1. The van der Waals surface area contributed by atoms with Gasteiger partial charge in [-0.3, -0.25) is 15.6 Å².